The minimum Gasteiger partial charge on any atom is -0.299 e. The molecule has 2 N–H and O–H groups in total. The monoisotopic (exact) mass is 456 g/mol. The third-order valence-electron chi connectivity index (χ3n) is 4.66. The fourth-order valence-electron chi connectivity index (χ4n) is 2.99. The van der Waals surface area contributed by atoms with E-state index >= 15 is 0 Å². The fraction of sp³-hybridized carbons (Fsp3) is 0.200. The van der Waals surface area contributed by atoms with Gasteiger partial charge in [0.1, 0.15) is 5.82 Å². The van der Waals surface area contributed by atoms with Crippen LogP contribution in [0.15, 0.2) is 53.7 Å². The highest BCUT2D eigenvalue weighted by Crippen LogP contribution is 2.41. The number of nitrogens with one attached hydrogen (secondary N) is 2. The molecule has 1 aromatic heterocycles. The van der Waals surface area contributed by atoms with Crippen molar-refractivity contribution in [1.82, 2.24) is 25.6 Å². The average molecular weight is 456 g/mol. The molecular formula is C20H17FN6O4S. The molecule has 12 heteroatoms. The number of carbonyl (C=O) groups excluding carboxylic acids is 2. The molecule has 0 aliphatic heterocycles. The Balaban J connectivity index is 1.37. The number of hydrazine groups is 1. The van der Waals surface area contributed by atoms with E-state index in [0.29, 0.717) is 16.5 Å². The van der Waals surface area contributed by atoms with E-state index in [-0.39, 0.29) is 23.0 Å². The normalized spacial score (nSPS) is 12.9. The Labute approximate surface area is 185 Å². The molecule has 2 aromatic carbocycles. The smallest absolute Gasteiger partial charge is 0.270 e. The Morgan fingerprint density at radius 3 is 2.66 bits per heavy atom. The zero-order valence-corrected chi connectivity index (χ0v) is 17.3. The van der Waals surface area contributed by atoms with Gasteiger partial charge in [0.2, 0.25) is 5.91 Å². The maximum absolute atomic E-state index is 14.2. The molecule has 0 atom stereocenters. The number of thioether (sulfide) groups is 1. The van der Waals surface area contributed by atoms with E-state index in [9.17, 15) is 24.1 Å². The van der Waals surface area contributed by atoms with Crippen molar-refractivity contribution in [3.05, 3.63) is 70.0 Å². The van der Waals surface area contributed by atoms with Crippen molar-refractivity contribution in [3.8, 4) is 11.4 Å². The third kappa shape index (κ3) is 4.75. The lowest BCUT2D eigenvalue weighted by Crippen LogP contribution is -2.42. The number of rotatable bonds is 7. The van der Waals surface area contributed by atoms with Gasteiger partial charge in [0.15, 0.2) is 11.0 Å². The van der Waals surface area contributed by atoms with Crippen LogP contribution in [-0.4, -0.2) is 37.3 Å². The minimum absolute atomic E-state index is 0.0372. The predicted molar refractivity (Wildman–Crippen MR) is 113 cm³/mol. The molecule has 4 rings (SSSR count). The largest absolute Gasteiger partial charge is 0.299 e. The molecular weight excluding hydrogens is 439 g/mol. The molecule has 1 heterocycles. The van der Waals surface area contributed by atoms with Crippen molar-refractivity contribution in [2.24, 2.45) is 0 Å². The van der Waals surface area contributed by atoms with Gasteiger partial charge in [-0.15, -0.1) is 10.2 Å². The number of halogens is 1. The second-order valence-electron chi connectivity index (χ2n) is 6.99. The Morgan fingerprint density at radius 1 is 1.16 bits per heavy atom. The van der Waals surface area contributed by atoms with Crippen molar-refractivity contribution >= 4 is 29.3 Å². The highest BCUT2D eigenvalue weighted by molar-refractivity contribution is 7.99. The summed E-state index contributed by atoms with van der Waals surface area (Å²) in [5.74, 6) is -1.26. The zero-order chi connectivity index (χ0) is 22.7. The topological polar surface area (TPSA) is 132 Å². The molecule has 3 aromatic rings. The first-order valence-corrected chi connectivity index (χ1v) is 10.6. The van der Waals surface area contributed by atoms with Crippen LogP contribution >= 0.6 is 11.8 Å². The van der Waals surface area contributed by atoms with Crippen molar-refractivity contribution in [3.63, 3.8) is 0 Å². The first kappa shape index (κ1) is 21.4. The standard InChI is InChI=1S/C20H17FN6O4S/c21-16-7-2-1-6-15(16)18-23-25-20(26(18)13-8-9-13)32-11-17(28)22-24-19(29)12-4-3-5-14(10-12)27(30)31/h1-7,10,13H,8-9,11H2,(H,22,28)(H,24,29). The van der Waals surface area contributed by atoms with Gasteiger partial charge in [-0.25, -0.2) is 4.39 Å². The number of amides is 2. The maximum atomic E-state index is 14.2. The Hall–Kier alpha value is -3.80. The van der Waals surface area contributed by atoms with Crippen LogP contribution in [0.4, 0.5) is 10.1 Å². The third-order valence-corrected chi connectivity index (χ3v) is 5.60. The van der Waals surface area contributed by atoms with E-state index in [0.717, 1.165) is 30.7 Å². The number of nitrogens with zero attached hydrogens (tertiary/aromatic N) is 4. The van der Waals surface area contributed by atoms with Crippen LogP contribution < -0.4 is 10.9 Å². The lowest BCUT2D eigenvalue weighted by molar-refractivity contribution is -0.384. The van der Waals surface area contributed by atoms with Crippen LogP contribution in [0.1, 0.15) is 29.2 Å². The number of non-ortho nitro benzene ring substituents is 1. The van der Waals surface area contributed by atoms with Crippen LogP contribution in [0.2, 0.25) is 0 Å². The summed E-state index contributed by atoms with van der Waals surface area (Å²) >= 11 is 1.11. The number of benzene rings is 2. The Morgan fingerprint density at radius 2 is 1.94 bits per heavy atom. The molecule has 1 aliphatic carbocycles. The van der Waals surface area contributed by atoms with Crippen LogP contribution in [0.5, 0.6) is 0 Å². The summed E-state index contributed by atoms with van der Waals surface area (Å²) in [4.78, 5) is 34.5. The van der Waals surface area contributed by atoms with Gasteiger partial charge in [0, 0.05) is 23.7 Å². The van der Waals surface area contributed by atoms with E-state index < -0.39 is 22.6 Å². The first-order valence-electron chi connectivity index (χ1n) is 9.60. The SMILES string of the molecule is O=C(CSc1nnc(-c2ccccc2F)n1C1CC1)NNC(=O)c1cccc([N+](=O)[O-])c1. The molecule has 0 radical (unpaired) electrons. The summed E-state index contributed by atoms with van der Waals surface area (Å²) in [6.45, 7) is 0. The highest BCUT2D eigenvalue weighted by atomic mass is 32.2. The van der Waals surface area contributed by atoms with Crippen LogP contribution in [-0.2, 0) is 4.79 Å². The number of nitro benzene ring substituents is 1. The molecule has 10 nitrogen and oxygen atoms in total. The van der Waals surface area contributed by atoms with Crippen LogP contribution in [0.25, 0.3) is 11.4 Å². The van der Waals surface area contributed by atoms with E-state index in [1.54, 1.807) is 18.2 Å². The zero-order valence-electron chi connectivity index (χ0n) is 16.5. The van der Waals surface area contributed by atoms with Gasteiger partial charge in [-0.3, -0.25) is 35.1 Å². The summed E-state index contributed by atoms with van der Waals surface area (Å²) in [6.07, 6.45) is 1.83. The van der Waals surface area contributed by atoms with Crippen molar-refractivity contribution < 1.29 is 18.9 Å². The number of hydrogen-bond acceptors (Lipinski definition) is 7. The second-order valence-corrected chi connectivity index (χ2v) is 7.93. The Bertz CT molecular complexity index is 1200. The molecule has 32 heavy (non-hydrogen) atoms. The summed E-state index contributed by atoms with van der Waals surface area (Å²) < 4.78 is 16.0. The van der Waals surface area contributed by atoms with Crippen LogP contribution in [0.3, 0.4) is 0 Å². The lowest BCUT2D eigenvalue weighted by Gasteiger charge is -2.10. The summed E-state index contributed by atoms with van der Waals surface area (Å²) in [5.41, 5.74) is 4.63. The van der Waals surface area contributed by atoms with E-state index in [2.05, 4.69) is 21.0 Å². The molecule has 2 amide bonds. The van der Waals surface area contributed by atoms with Crippen LogP contribution in [0, 0.1) is 15.9 Å². The first-order chi connectivity index (χ1) is 15.4. The highest BCUT2D eigenvalue weighted by Gasteiger charge is 2.31. The van der Waals surface area contributed by atoms with Gasteiger partial charge in [0.05, 0.1) is 16.2 Å². The molecule has 1 fully saturated rings. The number of hydrogen-bond donors (Lipinski definition) is 2. The molecule has 1 saturated carbocycles. The van der Waals surface area contributed by atoms with Crippen molar-refractivity contribution in [2.45, 2.75) is 24.0 Å². The quantitative estimate of drug-likeness (QED) is 0.317. The van der Waals surface area contributed by atoms with Crippen molar-refractivity contribution in [1.29, 1.82) is 0 Å². The van der Waals surface area contributed by atoms with Gasteiger partial charge < -0.3 is 0 Å². The maximum Gasteiger partial charge on any atom is 0.270 e. The molecule has 1 aliphatic rings. The van der Waals surface area contributed by atoms with Gasteiger partial charge >= 0.3 is 0 Å². The summed E-state index contributed by atoms with van der Waals surface area (Å²) in [5, 5.41) is 19.5. The van der Waals surface area contributed by atoms with Gasteiger partial charge in [-0.1, -0.05) is 30.0 Å². The average Bonchev–Trinajstić information content (AvgIpc) is 3.55. The Kier molecular flexibility index (Phi) is 6.12. The number of carbonyl (C=O) groups is 2. The van der Waals surface area contributed by atoms with Gasteiger partial charge in [-0.05, 0) is 31.0 Å². The molecule has 0 spiro atoms. The molecule has 0 bridgehead atoms. The minimum atomic E-state index is -0.685. The second kappa shape index (κ2) is 9.14. The fourth-order valence-corrected chi connectivity index (χ4v) is 3.79. The van der Waals surface area contributed by atoms with E-state index in [4.69, 9.17) is 0 Å². The predicted octanol–water partition coefficient (Wildman–Crippen LogP) is 2.88. The van der Waals surface area contributed by atoms with Crippen molar-refractivity contribution in [2.75, 3.05) is 5.75 Å². The van der Waals surface area contributed by atoms with Gasteiger partial charge in [-0.2, -0.15) is 0 Å². The summed E-state index contributed by atoms with van der Waals surface area (Å²) in [7, 11) is 0. The molecule has 0 unspecified atom stereocenters. The van der Waals surface area contributed by atoms with E-state index in [1.807, 2.05) is 4.57 Å². The lowest BCUT2D eigenvalue weighted by atomic mass is 10.2. The van der Waals surface area contributed by atoms with E-state index in [1.165, 1.54) is 24.3 Å². The number of nitro groups is 1. The summed E-state index contributed by atoms with van der Waals surface area (Å²) in [6, 6.07) is 11.6. The number of aromatic nitrogens is 3. The molecule has 164 valence electrons. The molecule has 0 saturated heterocycles. The van der Waals surface area contributed by atoms with Gasteiger partial charge in [0.25, 0.3) is 11.6 Å².